The zero-order valence-electron chi connectivity index (χ0n) is 10.6. The fourth-order valence-corrected chi connectivity index (χ4v) is 2.16. The van der Waals surface area contributed by atoms with E-state index in [1.165, 1.54) is 5.56 Å². The van der Waals surface area contributed by atoms with Crippen molar-refractivity contribution >= 4 is 11.0 Å². The summed E-state index contributed by atoms with van der Waals surface area (Å²) in [5.74, 6) is 0.949. The van der Waals surface area contributed by atoms with Crippen molar-refractivity contribution in [2.45, 2.75) is 32.4 Å². The molecule has 0 aliphatic carbocycles. The number of hydrogen-bond acceptors (Lipinski definition) is 3. The van der Waals surface area contributed by atoms with E-state index in [4.69, 9.17) is 5.73 Å². The summed E-state index contributed by atoms with van der Waals surface area (Å²) in [7, 11) is 1.97. The number of hydrogen-bond donors (Lipinski definition) is 3. The lowest BCUT2D eigenvalue weighted by atomic mass is 10.00. The number of benzene rings is 1. The van der Waals surface area contributed by atoms with Gasteiger partial charge < -0.3 is 16.0 Å². The van der Waals surface area contributed by atoms with Gasteiger partial charge in [-0.25, -0.2) is 4.98 Å². The lowest BCUT2D eigenvalue weighted by Gasteiger charge is -2.18. The number of aromatic nitrogens is 2. The van der Waals surface area contributed by atoms with Crippen molar-refractivity contribution in [2.24, 2.45) is 5.73 Å². The molecule has 0 bridgehead atoms. The highest BCUT2D eigenvalue weighted by Crippen LogP contribution is 2.21. The summed E-state index contributed by atoms with van der Waals surface area (Å²) in [5, 5.41) is 3.31. The van der Waals surface area contributed by atoms with Crippen LogP contribution in [0.4, 0.5) is 0 Å². The van der Waals surface area contributed by atoms with E-state index in [1.807, 2.05) is 20.9 Å². The van der Waals surface area contributed by atoms with Gasteiger partial charge >= 0.3 is 0 Å². The molecule has 0 amide bonds. The van der Waals surface area contributed by atoms with E-state index in [9.17, 15) is 0 Å². The SMILES string of the molecule is CNC(CC(C)N)c1ccc2nc(C)[nH]c2c1. The van der Waals surface area contributed by atoms with Crippen LogP contribution in [0.5, 0.6) is 0 Å². The Bertz CT molecular complexity index is 501. The molecule has 0 radical (unpaired) electrons. The first-order valence-corrected chi connectivity index (χ1v) is 5.99. The summed E-state index contributed by atoms with van der Waals surface area (Å²) >= 11 is 0. The maximum atomic E-state index is 5.86. The van der Waals surface area contributed by atoms with Crippen LogP contribution in [0.3, 0.4) is 0 Å². The fraction of sp³-hybridized carbons (Fsp3) is 0.462. The Morgan fingerprint density at radius 1 is 1.47 bits per heavy atom. The van der Waals surface area contributed by atoms with E-state index in [-0.39, 0.29) is 6.04 Å². The molecule has 92 valence electrons. The van der Waals surface area contributed by atoms with Crippen LogP contribution in [0.25, 0.3) is 11.0 Å². The average Bonchev–Trinajstić information content (AvgIpc) is 2.64. The van der Waals surface area contributed by atoms with E-state index in [1.54, 1.807) is 0 Å². The first-order chi connectivity index (χ1) is 8.10. The van der Waals surface area contributed by atoms with Crippen LogP contribution < -0.4 is 11.1 Å². The average molecular weight is 232 g/mol. The fourth-order valence-electron chi connectivity index (χ4n) is 2.16. The Labute approximate surface area is 102 Å². The zero-order chi connectivity index (χ0) is 12.4. The molecule has 0 aliphatic rings. The van der Waals surface area contributed by atoms with Crippen LogP contribution in [-0.4, -0.2) is 23.1 Å². The maximum Gasteiger partial charge on any atom is 0.104 e. The van der Waals surface area contributed by atoms with Gasteiger partial charge in [0.1, 0.15) is 5.82 Å². The molecule has 0 fully saturated rings. The second-order valence-corrected chi connectivity index (χ2v) is 4.65. The third kappa shape index (κ3) is 2.65. The molecule has 2 rings (SSSR count). The second-order valence-electron chi connectivity index (χ2n) is 4.65. The smallest absolute Gasteiger partial charge is 0.104 e. The number of rotatable bonds is 4. The second kappa shape index (κ2) is 4.85. The summed E-state index contributed by atoms with van der Waals surface area (Å²) in [4.78, 5) is 7.66. The zero-order valence-corrected chi connectivity index (χ0v) is 10.6. The number of aromatic amines is 1. The minimum Gasteiger partial charge on any atom is -0.342 e. The molecule has 2 aromatic rings. The van der Waals surface area contributed by atoms with Crippen LogP contribution in [0.1, 0.15) is 30.8 Å². The van der Waals surface area contributed by atoms with Crippen LogP contribution in [0.15, 0.2) is 18.2 Å². The molecule has 1 aromatic carbocycles. The van der Waals surface area contributed by atoms with Gasteiger partial charge in [0.05, 0.1) is 11.0 Å². The number of H-pyrrole nitrogens is 1. The molecule has 0 spiro atoms. The van der Waals surface area contributed by atoms with Gasteiger partial charge in [-0.05, 0) is 45.0 Å². The van der Waals surface area contributed by atoms with Crippen molar-refractivity contribution in [2.75, 3.05) is 7.05 Å². The number of imidazole rings is 1. The van der Waals surface area contributed by atoms with Crippen LogP contribution in [0.2, 0.25) is 0 Å². The van der Waals surface area contributed by atoms with Crippen LogP contribution in [0, 0.1) is 6.92 Å². The normalized spacial score (nSPS) is 15.1. The van der Waals surface area contributed by atoms with Gasteiger partial charge in [0.15, 0.2) is 0 Å². The van der Waals surface area contributed by atoms with Crippen LogP contribution >= 0.6 is 0 Å². The molecule has 4 nitrogen and oxygen atoms in total. The largest absolute Gasteiger partial charge is 0.342 e. The minimum atomic E-state index is 0.187. The first-order valence-electron chi connectivity index (χ1n) is 5.99. The van der Waals surface area contributed by atoms with Gasteiger partial charge in [0.2, 0.25) is 0 Å². The molecule has 1 heterocycles. The molecule has 0 saturated heterocycles. The highest BCUT2D eigenvalue weighted by atomic mass is 14.9. The van der Waals surface area contributed by atoms with E-state index < -0.39 is 0 Å². The summed E-state index contributed by atoms with van der Waals surface area (Å²) < 4.78 is 0. The number of fused-ring (bicyclic) bond motifs is 1. The standard InChI is InChI=1S/C13H20N4/c1-8(14)6-12(15-3)10-4-5-11-13(7-10)17-9(2)16-11/h4-5,7-8,12,15H,6,14H2,1-3H3,(H,16,17). The number of nitrogens with one attached hydrogen (secondary N) is 2. The first kappa shape index (κ1) is 12.1. The van der Waals surface area contributed by atoms with E-state index in [2.05, 4.69) is 33.5 Å². The molecule has 2 unspecified atom stereocenters. The van der Waals surface area contributed by atoms with Gasteiger partial charge in [-0.15, -0.1) is 0 Å². The Hall–Kier alpha value is -1.39. The van der Waals surface area contributed by atoms with Gasteiger partial charge in [0.25, 0.3) is 0 Å². The monoisotopic (exact) mass is 232 g/mol. The Balaban J connectivity index is 2.33. The maximum absolute atomic E-state index is 5.86. The highest BCUT2D eigenvalue weighted by molar-refractivity contribution is 5.75. The molecular formula is C13H20N4. The topological polar surface area (TPSA) is 66.7 Å². The number of aryl methyl sites for hydroxylation is 1. The molecule has 2 atom stereocenters. The van der Waals surface area contributed by atoms with Gasteiger partial charge in [-0.1, -0.05) is 6.07 Å². The summed E-state index contributed by atoms with van der Waals surface area (Å²) in [6, 6.07) is 6.81. The molecular weight excluding hydrogens is 212 g/mol. The van der Waals surface area contributed by atoms with Crippen molar-refractivity contribution in [3.05, 3.63) is 29.6 Å². The molecule has 0 aliphatic heterocycles. The van der Waals surface area contributed by atoms with E-state index >= 15 is 0 Å². The van der Waals surface area contributed by atoms with Crippen molar-refractivity contribution in [3.63, 3.8) is 0 Å². The number of nitrogens with zero attached hydrogens (tertiary/aromatic N) is 1. The minimum absolute atomic E-state index is 0.187. The molecule has 1 aromatic heterocycles. The Kier molecular flexibility index (Phi) is 3.45. The Morgan fingerprint density at radius 2 is 2.24 bits per heavy atom. The van der Waals surface area contributed by atoms with Crippen molar-refractivity contribution < 1.29 is 0 Å². The predicted octanol–water partition coefficient (Wildman–Crippen LogP) is 1.87. The van der Waals surface area contributed by atoms with Crippen molar-refractivity contribution in [1.29, 1.82) is 0 Å². The van der Waals surface area contributed by atoms with Gasteiger partial charge in [0, 0.05) is 12.1 Å². The van der Waals surface area contributed by atoms with E-state index in [0.29, 0.717) is 6.04 Å². The quantitative estimate of drug-likeness (QED) is 0.754. The van der Waals surface area contributed by atoms with Crippen molar-refractivity contribution in [1.82, 2.24) is 15.3 Å². The third-order valence-corrected chi connectivity index (χ3v) is 2.98. The summed E-state index contributed by atoms with van der Waals surface area (Å²) in [5.41, 5.74) is 9.22. The molecule has 4 heteroatoms. The summed E-state index contributed by atoms with van der Waals surface area (Å²) in [6.07, 6.45) is 0.926. The lowest BCUT2D eigenvalue weighted by Crippen LogP contribution is -2.25. The predicted molar refractivity (Wildman–Crippen MR) is 70.9 cm³/mol. The lowest BCUT2D eigenvalue weighted by molar-refractivity contribution is 0.499. The summed E-state index contributed by atoms with van der Waals surface area (Å²) in [6.45, 7) is 4.00. The third-order valence-electron chi connectivity index (χ3n) is 2.98. The van der Waals surface area contributed by atoms with Gasteiger partial charge in [-0.3, -0.25) is 0 Å². The number of nitrogens with two attached hydrogens (primary N) is 1. The van der Waals surface area contributed by atoms with Gasteiger partial charge in [-0.2, -0.15) is 0 Å². The highest BCUT2D eigenvalue weighted by Gasteiger charge is 2.12. The van der Waals surface area contributed by atoms with E-state index in [0.717, 1.165) is 23.3 Å². The van der Waals surface area contributed by atoms with Crippen molar-refractivity contribution in [3.8, 4) is 0 Å². The molecule has 4 N–H and O–H groups in total. The van der Waals surface area contributed by atoms with Crippen LogP contribution in [-0.2, 0) is 0 Å². The Morgan fingerprint density at radius 3 is 2.88 bits per heavy atom. The molecule has 0 saturated carbocycles. The molecule has 17 heavy (non-hydrogen) atoms.